The van der Waals surface area contributed by atoms with Gasteiger partial charge in [0.25, 0.3) is 11.2 Å². The second-order valence-electron chi connectivity index (χ2n) is 8.52. The van der Waals surface area contributed by atoms with Crippen LogP contribution < -0.4 is 14.9 Å². The van der Waals surface area contributed by atoms with E-state index >= 15 is 0 Å². The molecule has 12 heteroatoms. The SMILES string of the molecule is CCOC(=O)C1=C(C)N=c2s/c(=C\c3cccc(O)c3)c(=O)n2[C@@H]1c1ccc(-c2cc([N+](=O)[O-])ccc2Cl)o1. The van der Waals surface area contributed by atoms with Crippen molar-refractivity contribution in [2.75, 3.05) is 6.61 Å². The van der Waals surface area contributed by atoms with Gasteiger partial charge in [-0.05, 0) is 55.8 Å². The zero-order valence-electron chi connectivity index (χ0n) is 20.6. The number of thiazole rings is 1. The summed E-state index contributed by atoms with van der Waals surface area (Å²) in [4.78, 5) is 42.4. The zero-order chi connectivity index (χ0) is 27.8. The summed E-state index contributed by atoms with van der Waals surface area (Å²) < 4.78 is 13.1. The van der Waals surface area contributed by atoms with Crippen molar-refractivity contribution >= 4 is 40.7 Å². The number of carbonyl (C=O) groups is 1. The lowest BCUT2D eigenvalue weighted by Crippen LogP contribution is -2.39. The molecule has 4 aromatic rings. The van der Waals surface area contributed by atoms with Gasteiger partial charge in [0.15, 0.2) is 4.80 Å². The average molecular weight is 566 g/mol. The molecule has 1 N–H and O–H groups in total. The number of phenolic OH excluding ortho intramolecular Hbond substituents is 1. The van der Waals surface area contributed by atoms with Crippen LogP contribution in [0.2, 0.25) is 5.02 Å². The van der Waals surface area contributed by atoms with Crippen molar-refractivity contribution < 1.29 is 24.0 Å². The predicted octanol–water partition coefficient (Wildman–Crippen LogP) is 4.33. The maximum atomic E-state index is 13.7. The Morgan fingerprint density at radius 1 is 1.28 bits per heavy atom. The fourth-order valence-electron chi connectivity index (χ4n) is 4.29. The summed E-state index contributed by atoms with van der Waals surface area (Å²) in [6.07, 6.45) is 1.63. The lowest BCUT2D eigenvalue weighted by atomic mass is 10.0. The summed E-state index contributed by atoms with van der Waals surface area (Å²) >= 11 is 7.44. The van der Waals surface area contributed by atoms with Crippen LogP contribution >= 0.6 is 22.9 Å². The van der Waals surface area contributed by atoms with E-state index in [9.17, 15) is 24.8 Å². The van der Waals surface area contributed by atoms with Crippen molar-refractivity contribution in [3.8, 4) is 17.1 Å². The number of fused-ring (bicyclic) bond motifs is 1. The Morgan fingerprint density at radius 2 is 2.08 bits per heavy atom. The van der Waals surface area contributed by atoms with Crippen molar-refractivity contribution in [1.29, 1.82) is 0 Å². The number of nitro benzene ring substituents is 1. The van der Waals surface area contributed by atoms with Crippen LogP contribution in [0.25, 0.3) is 17.4 Å². The molecule has 10 nitrogen and oxygen atoms in total. The van der Waals surface area contributed by atoms with Crippen molar-refractivity contribution in [1.82, 2.24) is 4.57 Å². The smallest absolute Gasteiger partial charge is 0.338 e. The van der Waals surface area contributed by atoms with Crippen LogP contribution in [0.15, 0.2) is 80.1 Å². The van der Waals surface area contributed by atoms with Gasteiger partial charge in [0.1, 0.15) is 23.3 Å². The standard InChI is InChI=1S/C27H20ClN3O7S/c1-3-37-26(34)23-14(2)29-27-30(25(33)22(39-27)12-15-5-4-6-17(32)11-15)24(23)21-10-9-20(38-21)18-13-16(31(35)36)7-8-19(18)28/h4-13,24,32H,3H2,1-2H3/b22-12-/t24-/m1/s1. The number of nitro groups is 1. The van der Waals surface area contributed by atoms with Crippen LogP contribution in [0.3, 0.4) is 0 Å². The third-order valence-corrected chi connectivity index (χ3v) is 7.32. The van der Waals surface area contributed by atoms with E-state index in [1.54, 1.807) is 44.2 Å². The number of non-ortho nitro benzene ring substituents is 1. The summed E-state index contributed by atoms with van der Waals surface area (Å²) in [5, 5.41) is 21.4. The normalized spacial score (nSPS) is 15.2. The van der Waals surface area contributed by atoms with Crippen LogP contribution in [0.1, 0.15) is 31.2 Å². The number of benzene rings is 2. The van der Waals surface area contributed by atoms with Crippen molar-refractivity contribution in [2.45, 2.75) is 19.9 Å². The molecule has 198 valence electrons. The van der Waals surface area contributed by atoms with Crippen molar-refractivity contribution in [2.24, 2.45) is 4.99 Å². The molecule has 0 spiro atoms. The van der Waals surface area contributed by atoms with Gasteiger partial charge in [0.2, 0.25) is 0 Å². The minimum absolute atomic E-state index is 0.0535. The minimum Gasteiger partial charge on any atom is -0.508 e. The van der Waals surface area contributed by atoms with Crippen molar-refractivity contribution in [3.63, 3.8) is 0 Å². The molecule has 0 bridgehead atoms. The zero-order valence-corrected chi connectivity index (χ0v) is 22.2. The van der Waals surface area contributed by atoms with Gasteiger partial charge in [0.05, 0.1) is 32.4 Å². The average Bonchev–Trinajstić information content (AvgIpc) is 3.48. The Balaban J connectivity index is 1.70. The highest BCUT2D eigenvalue weighted by atomic mass is 35.5. The van der Waals surface area contributed by atoms with Crippen LogP contribution in [-0.2, 0) is 9.53 Å². The molecular weight excluding hydrogens is 546 g/mol. The van der Waals surface area contributed by atoms with E-state index in [4.69, 9.17) is 20.8 Å². The topological polar surface area (TPSA) is 137 Å². The maximum Gasteiger partial charge on any atom is 0.338 e. The number of carbonyl (C=O) groups excluding carboxylic acids is 1. The second-order valence-corrected chi connectivity index (χ2v) is 9.94. The largest absolute Gasteiger partial charge is 0.508 e. The molecule has 39 heavy (non-hydrogen) atoms. The fourth-order valence-corrected chi connectivity index (χ4v) is 5.54. The number of halogens is 1. The monoisotopic (exact) mass is 565 g/mol. The van der Waals surface area contributed by atoms with Crippen molar-refractivity contribution in [3.05, 3.63) is 112 Å². The summed E-state index contributed by atoms with van der Waals surface area (Å²) in [5.74, 6) is -0.163. The molecule has 2 aromatic carbocycles. The molecule has 0 fully saturated rings. The maximum absolute atomic E-state index is 13.7. The van der Waals surface area contributed by atoms with Gasteiger partial charge in [-0.2, -0.15) is 0 Å². The van der Waals surface area contributed by atoms with Gasteiger partial charge in [-0.1, -0.05) is 35.1 Å². The number of nitrogens with zero attached hydrogens (tertiary/aromatic N) is 3. The van der Waals surface area contributed by atoms with Gasteiger partial charge in [-0.25, -0.2) is 9.79 Å². The third-order valence-electron chi connectivity index (χ3n) is 6.01. The van der Waals surface area contributed by atoms with E-state index in [1.165, 1.54) is 34.9 Å². The molecule has 2 aromatic heterocycles. The first-order chi connectivity index (χ1) is 18.7. The second kappa shape index (κ2) is 10.4. The summed E-state index contributed by atoms with van der Waals surface area (Å²) in [7, 11) is 0. The van der Waals surface area contributed by atoms with Gasteiger partial charge < -0.3 is 14.3 Å². The lowest BCUT2D eigenvalue weighted by Gasteiger charge is -2.22. The number of esters is 1. The molecule has 0 saturated heterocycles. The number of rotatable bonds is 6. The summed E-state index contributed by atoms with van der Waals surface area (Å²) in [6.45, 7) is 3.42. The number of aromatic hydroxyl groups is 1. The molecule has 0 radical (unpaired) electrons. The fraction of sp³-hybridized carbons (Fsp3) is 0.148. The highest BCUT2D eigenvalue weighted by molar-refractivity contribution is 7.07. The first-order valence-corrected chi connectivity index (χ1v) is 12.9. The number of hydrogen-bond donors (Lipinski definition) is 1. The Kier molecular flexibility index (Phi) is 6.94. The molecule has 1 atom stereocenters. The van der Waals surface area contributed by atoms with Gasteiger partial charge in [-0.15, -0.1) is 0 Å². The molecule has 1 aliphatic rings. The molecular formula is C27H20ClN3O7S. The van der Waals surface area contributed by atoms with E-state index in [2.05, 4.69) is 4.99 Å². The minimum atomic E-state index is -1.02. The van der Waals surface area contributed by atoms with Crippen LogP contribution in [0.4, 0.5) is 5.69 Å². The molecule has 5 rings (SSSR count). The van der Waals surface area contributed by atoms with Gasteiger partial charge in [0, 0.05) is 17.7 Å². The first kappa shape index (κ1) is 26.1. The molecule has 1 aliphatic heterocycles. The van der Waals surface area contributed by atoms with E-state index in [1.807, 2.05) is 0 Å². The van der Waals surface area contributed by atoms with Crippen LogP contribution in [0, 0.1) is 10.1 Å². The third kappa shape index (κ3) is 4.89. The van der Waals surface area contributed by atoms with Crippen LogP contribution in [0.5, 0.6) is 5.75 Å². The highest BCUT2D eigenvalue weighted by Crippen LogP contribution is 2.37. The van der Waals surface area contributed by atoms with Gasteiger partial charge in [-0.3, -0.25) is 19.5 Å². The Bertz CT molecular complexity index is 1850. The molecule has 0 unspecified atom stereocenters. The van der Waals surface area contributed by atoms with Crippen LogP contribution in [-0.4, -0.2) is 27.2 Å². The lowest BCUT2D eigenvalue weighted by molar-refractivity contribution is -0.384. The van der Waals surface area contributed by atoms with E-state index in [-0.39, 0.29) is 45.7 Å². The quantitative estimate of drug-likeness (QED) is 0.209. The number of phenols is 1. The van der Waals surface area contributed by atoms with E-state index in [0.717, 1.165) is 11.3 Å². The molecule has 0 aliphatic carbocycles. The van der Waals surface area contributed by atoms with E-state index < -0.39 is 22.5 Å². The van der Waals surface area contributed by atoms with Gasteiger partial charge >= 0.3 is 5.97 Å². The Hall–Kier alpha value is -4.48. The summed E-state index contributed by atoms with van der Waals surface area (Å²) in [5.41, 5.74) is 0.780. The first-order valence-electron chi connectivity index (χ1n) is 11.7. The number of furan rings is 1. The number of aromatic nitrogens is 1. The Morgan fingerprint density at radius 3 is 2.79 bits per heavy atom. The summed E-state index contributed by atoms with van der Waals surface area (Å²) in [6, 6.07) is 12.6. The molecule has 3 heterocycles. The predicted molar refractivity (Wildman–Crippen MR) is 144 cm³/mol. The number of allylic oxidation sites excluding steroid dienone is 1. The number of hydrogen-bond acceptors (Lipinski definition) is 9. The molecule has 0 saturated carbocycles. The van der Waals surface area contributed by atoms with E-state index in [0.29, 0.717) is 20.6 Å². The highest BCUT2D eigenvalue weighted by Gasteiger charge is 2.35. The Labute approximate surface area is 229 Å². The molecule has 0 amide bonds. The number of ether oxygens (including phenoxy) is 1.